The van der Waals surface area contributed by atoms with Crippen LogP contribution in [0.2, 0.25) is 0 Å². The molecule has 1 N–H and O–H groups in total. The van der Waals surface area contributed by atoms with Crippen LogP contribution in [0.15, 0.2) is 36.4 Å². The lowest BCUT2D eigenvalue weighted by Gasteiger charge is -2.36. The number of fused-ring (bicyclic) bond motifs is 1. The maximum atomic E-state index is 13.3. The molecule has 1 unspecified atom stereocenters. The first-order valence-electron chi connectivity index (χ1n) is 13.9. The minimum Gasteiger partial charge on any atom is -0.488 e. The SMILES string of the molecule is Cc1ccc2c(c1)CC(CN1CCN(C(=O)COC3CCC(Nc4ccc(C#N)c(C(F)(F)F)c4)CC3)CC1)O2. The fourth-order valence-corrected chi connectivity index (χ4v) is 5.87. The van der Waals surface area contributed by atoms with E-state index in [0.717, 1.165) is 63.6 Å². The number of carbonyl (C=O) groups excluding carboxylic acids is 1. The molecule has 5 rings (SSSR count). The number of aryl methyl sites for hydroxylation is 1. The second kappa shape index (κ2) is 12.1. The van der Waals surface area contributed by atoms with Gasteiger partial charge >= 0.3 is 6.18 Å². The summed E-state index contributed by atoms with van der Waals surface area (Å²) >= 11 is 0. The van der Waals surface area contributed by atoms with Crippen LogP contribution in [0.3, 0.4) is 0 Å². The van der Waals surface area contributed by atoms with Gasteiger partial charge in [-0.25, -0.2) is 0 Å². The molecule has 1 atom stereocenters. The van der Waals surface area contributed by atoms with Crippen molar-refractivity contribution < 1.29 is 27.4 Å². The number of hydrogen-bond donors (Lipinski definition) is 1. The van der Waals surface area contributed by atoms with E-state index in [1.807, 2.05) is 11.0 Å². The van der Waals surface area contributed by atoms with Crippen LogP contribution in [-0.2, 0) is 22.1 Å². The third kappa shape index (κ3) is 6.88. The van der Waals surface area contributed by atoms with Gasteiger partial charge in [0.2, 0.25) is 5.91 Å². The Labute approximate surface area is 232 Å². The van der Waals surface area contributed by atoms with E-state index in [0.29, 0.717) is 18.8 Å². The Hall–Kier alpha value is -3.29. The van der Waals surface area contributed by atoms with Crippen molar-refractivity contribution >= 4 is 11.6 Å². The van der Waals surface area contributed by atoms with Gasteiger partial charge in [-0.3, -0.25) is 9.69 Å². The summed E-state index contributed by atoms with van der Waals surface area (Å²) in [7, 11) is 0. The van der Waals surface area contributed by atoms with Gasteiger partial charge in [0.05, 0.1) is 23.3 Å². The molecule has 1 amide bonds. The van der Waals surface area contributed by atoms with E-state index in [2.05, 4.69) is 29.3 Å². The Bertz CT molecular complexity index is 1250. The van der Waals surface area contributed by atoms with Crippen LogP contribution < -0.4 is 10.1 Å². The Morgan fingerprint density at radius 2 is 1.85 bits per heavy atom. The molecular formula is C30H35F3N4O3. The molecule has 7 nitrogen and oxygen atoms in total. The summed E-state index contributed by atoms with van der Waals surface area (Å²) in [6.07, 6.45) is -0.644. The summed E-state index contributed by atoms with van der Waals surface area (Å²) in [4.78, 5) is 17.0. The summed E-state index contributed by atoms with van der Waals surface area (Å²) in [5, 5.41) is 12.1. The number of piperazine rings is 1. The first-order valence-corrected chi connectivity index (χ1v) is 13.9. The van der Waals surface area contributed by atoms with Gasteiger partial charge in [-0.15, -0.1) is 0 Å². The minimum absolute atomic E-state index is 0.00263. The van der Waals surface area contributed by atoms with Crippen molar-refractivity contribution in [1.29, 1.82) is 5.26 Å². The topological polar surface area (TPSA) is 77.8 Å². The molecule has 2 heterocycles. The predicted octanol–water partition coefficient (Wildman–Crippen LogP) is 4.77. The van der Waals surface area contributed by atoms with Gasteiger partial charge in [-0.2, -0.15) is 18.4 Å². The second-order valence-electron chi connectivity index (χ2n) is 11.0. The number of anilines is 1. The number of rotatable bonds is 7. The summed E-state index contributed by atoms with van der Waals surface area (Å²) in [5.41, 5.74) is 1.55. The molecule has 2 aliphatic heterocycles. The lowest BCUT2D eigenvalue weighted by atomic mass is 9.92. The third-order valence-corrected chi connectivity index (χ3v) is 8.08. The summed E-state index contributed by atoms with van der Waals surface area (Å²) in [6, 6.07) is 11.6. The standard InChI is InChI=1S/C30H35F3N4O3/c1-20-2-9-28-22(14-20)15-26(40-28)18-36-10-12-37(13-11-36)29(38)19-39-25-7-5-23(6-8-25)35-24-4-3-21(17-34)27(16-24)30(31,32)33/h2-4,9,14,16,23,25-26,35H,5-8,10-13,15,18-19H2,1H3. The molecule has 40 heavy (non-hydrogen) atoms. The molecule has 1 saturated carbocycles. The largest absolute Gasteiger partial charge is 0.488 e. The number of nitrogens with one attached hydrogen (secondary N) is 1. The quantitative estimate of drug-likeness (QED) is 0.530. The molecule has 10 heteroatoms. The van der Waals surface area contributed by atoms with Gasteiger partial charge in [0, 0.05) is 50.9 Å². The van der Waals surface area contributed by atoms with E-state index < -0.39 is 11.7 Å². The zero-order valence-electron chi connectivity index (χ0n) is 22.7. The Morgan fingerprint density at radius 1 is 1.10 bits per heavy atom. The third-order valence-electron chi connectivity index (χ3n) is 8.08. The maximum absolute atomic E-state index is 13.3. The van der Waals surface area contributed by atoms with Crippen molar-refractivity contribution in [1.82, 2.24) is 9.80 Å². The number of amides is 1. The van der Waals surface area contributed by atoms with Crippen molar-refractivity contribution in [2.75, 3.05) is 44.6 Å². The van der Waals surface area contributed by atoms with E-state index >= 15 is 0 Å². The van der Waals surface area contributed by atoms with Gasteiger partial charge in [-0.1, -0.05) is 17.7 Å². The zero-order valence-corrected chi connectivity index (χ0v) is 22.7. The van der Waals surface area contributed by atoms with E-state index in [-0.39, 0.29) is 36.3 Å². The number of halogens is 3. The summed E-state index contributed by atoms with van der Waals surface area (Å²) < 4.78 is 51.8. The molecule has 2 aromatic rings. The minimum atomic E-state index is -4.58. The Morgan fingerprint density at radius 3 is 2.55 bits per heavy atom. The smallest absolute Gasteiger partial charge is 0.417 e. The number of alkyl halides is 3. The highest BCUT2D eigenvalue weighted by atomic mass is 19.4. The lowest BCUT2D eigenvalue weighted by Crippen LogP contribution is -2.51. The highest BCUT2D eigenvalue weighted by Crippen LogP contribution is 2.34. The normalized spacial score (nSPS) is 23.3. The average molecular weight is 557 g/mol. The molecule has 2 fully saturated rings. The number of benzene rings is 2. The van der Waals surface area contributed by atoms with Crippen LogP contribution in [0.1, 0.15) is 47.9 Å². The monoisotopic (exact) mass is 556 g/mol. The fourth-order valence-electron chi connectivity index (χ4n) is 5.87. The number of nitrogens with zero attached hydrogens (tertiary/aromatic N) is 3. The van der Waals surface area contributed by atoms with Crippen molar-refractivity contribution in [3.05, 3.63) is 58.7 Å². The number of ether oxygens (including phenoxy) is 2. The highest BCUT2D eigenvalue weighted by Gasteiger charge is 2.34. The van der Waals surface area contributed by atoms with Gasteiger partial charge in [0.1, 0.15) is 18.5 Å². The van der Waals surface area contributed by atoms with Crippen LogP contribution >= 0.6 is 0 Å². The summed E-state index contributed by atoms with van der Waals surface area (Å²) in [6.45, 7) is 5.95. The molecule has 0 radical (unpaired) electrons. The van der Waals surface area contributed by atoms with E-state index in [4.69, 9.17) is 14.7 Å². The van der Waals surface area contributed by atoms with Crippen LogP contribution in [-0.4, -0.2) is 73.3 Å². The average Bonchev–Trinajstić information content (AvgIpc) is 3.33. The molecule has 0 bridgehead atoms. The molecular weight excluding hydrogens is 521 g/mol. The zero-order chi connectivity index (χ0) is 28.3. The lowest BCUT2D eigenvalue weighted by molar-refractivity contribution is -0.140. The van der Waals surface area contributed by atoms with Crippen LogP contribution in [0.5, 0.6) is 5.75 Å². The van der Waals surface area contributed by atoms with Gasteiger partial charge in [-0.05, 0) is 62.4 Å². The maximum Gasteiger partial charge on any atom is 0.417 e. The van der Waals surface area contributed by atoms with Gasteiger partial charge in [0.25, 0.3) is 0 Å². The van der Waals surface area contributed by atoms with Crippen molar-refractivity contribution in [2.45, 2.75) is 63.5 Å². The predicted molar refractivity (Wildman–Crippen MR) is 144 cm³/mol. The van der Waals surface area contributed by atoms with E-state index in [1.165, 1.54) is 23.3 Å². The number of nitriles is 1. The molecule has 3 aliphatic rings. The Balaban J connectivity index is 0.998. The van der Waals surface area contributed by atoms with Crippen LogP contribution in [0.4, 0.5) is 18.9 Å². The highest BCUT2D eigenvalue weighted by molar-refractivity contribution is 5.77. The first-order chi connectivity index (χ1) is 19.2. The summed E-state index contributed by atoms with van der Waals surface area (Å²) in [5.74, 6) is 0.980. The molecule has 1 saturated heterocycles. The number of hydrogen-bond acceptors (Lipinski definition) is 6. The molecule has 1 aliphatic carbocycles. The second-order valence-corrected chi connectivity index (χ2v) is 11.0. The van der Waals surface area contributed by atoms with Crippen molar-refractivity contribution in [3.8, 4) is 11.8 Å². The molecule has 0 aromatic heterocycles. The first kappa shape index (κ1) is 28.2. The van der Waals surface area contributed by atoms with Crippen molar-refractivity contribution in [3.63, 3.8) is 0 Å². The van der Waals surface area contributed by atoms with Gasteiger partial charge in [0.15, 0.2) is 0 Å². The molecule has 2 aromatic carbocycles. The van der Waals surface area contributed by atoms with Crippen LogP contribution in [0.25, 0.3) is 0 Å². The van der Waals surface area contributed by atoms with Crippen LogP contribution in [0, 0.1) is 18.3 Å². The molecule has 0 spiro atoms. The Kier molecular flexibility index (Phi) is 8.52. The molecule has 214 valence electrons. The van der Waals surface area contributed by atoms with E-state index in [1.54, 1.807) is 6.07 Å². The number of carbonyl (C=O) groups is 1. The van der Waals surface area contributed by atoms with E-state index in [9.17, 15) is 18.0 Å². The van der Waals surface area contributed by atoms with Gasteiger partial charge < -0.3 is 19.7 Å². The fraction of sp³-hybridized carbons (Fsp3) is 0.533. The van der Waals surface area contributed by atoms with Crippen molar-refractivity contribution in [2.24, 2.45) is 0 Å².